The lowest BCUT2D eigenvalue weighted by atomic mass is 10.3. The van der Waals surface area contributed by atoms with Crippen LogP contribution in [0.5, 0.6) is 5.75 Å². The topological polar surface area (TPSA) is 96.2 Å². The highest BCUT2D eigenvalue weighted by Gasteiger charge is 2.15. The molecule has 0 fully saturated rings. The van der Waals surface area contributed by atoms with Crippen LogP contribution in [0.25, 0.3) is 0 Å². The van der Waals surface area contributed by atoms with Crippen molar-refractivity contribution in [2.24, 2.45) is 0 Å². The Labute approximate surface area is 138 Å². The summed E-state index contributed by atoms with van der Waals surface area (Å²) in [6, 6.07) is 6.09. The van der Waals surface area contributed by atoms with Gasteiger partial charge in [-0.2, -0.15) is 5.10 Å². The lowest BCUT2D eigenvalue weighted by Crippen LogP contribution is -2.37. The summed E-state index contributed by atoms with van der Waals surface area (Å²) in [6.45, 7) is 4.51. The van der Waals surface area contributed by atoms with E-state index >= 15 is 0 Å². The van der Waals surface area contributed by atoms with Gasteiger partial charge in [0.15, 0.2) is 0 Å². The summed E-state index contributed by atoms with van der Waals surface area (Å²) in [5, 5.41) is 19.0. The van der Waals surface area contributed by atoms with Gasteiger partial charge < -0.3 is 15.7 Å². The number of aromatic hydroxyl groups is 1. The van der Waals surface area contributed by atoms with E-state index in [4.69, 9.17) is 11.6 Å². The number of hydrogen-bond donors (Lipinski definition) is 3. The number of halogens is 1. The van der Waals surface area contributed by atoms with Gasteiger partial charge in [0, 0.05) is 17.3 Å². The van der Waals surface area contributed by atoms with Crippen molar-refractivity contribution >= 4 is 29.1 Å². The Morgan fingerprint density at radius 1 is 1.26 bits per heavy atom. The van der Waals surface area contributed by atoms with Crippen LogP contribution in [0.4, 0.5) is 5.69 Å². The van der Waals surface area contributed by atoms with Crippen LogP contribution in [0.15, 0.2) is 24.3 Å². The number of benzene rings is 1. The van der Waals surface area contributed by atoms with Gasteiger partial charge in [-0.15, -0.1) is 0 Å². The van der Waals surface area contributed by atoms with Gasteiger partial charge in [0.2, 0.25) is 0 Å². The maximum atomic E-state index is 11.8. The molecule has 0 atom stereocenters. The van der Waals surface area contributed by atoms with Crippen LogP contribution in [0.3, 0.4) is 0 Å². The van der Waals surface area contributed by atoms with Gasteiger partial charge >= 0.3 is 11.8 Å². The van der Waals surface area contributed by atoms with Crippen LogP contribution in [-0.2, 0) is 16.1 Å². The van der Waals surface area contributed by atoms with Crippen molar-refractivity contribution < 1.29 is 14.7 Å². The van der Waals surface area contributed by atoms with E-state index in [1.54, 1.807) is 4.68 Å². The number of anilines is 1. The zero-order chi connectivity index (χ0) is 17.0. The van der Waals surface area contributed by atoms with E-state index in [0.29, 0.717) is 11.6 Å². The molecule has 2 rings (SSSR count). The normalized spacial score (nSPS) is 10.4. The number of aryl methyl sites for hydroxylation is 2. The third-order valence-corrected chi connectivity index (χ3v) is 3.36. The first-order valence-corrected chi connectivity index (χ1v) is 7.33. The lowest BCUT2D eigenvalue weighted by molar-refractivity contribution is -0.136. The Bertz CT molecular complexity index is 742. The Balaban J connectivity index is 1.86. The molecule has 2 amide bonds. The molecule has 1 heterocycles. The molecule has 0 aliphatic rings. The van der Waals surface area contributed by atoms with Gasteiger partial charge in [-0.25, -0.2) is 0 Å². The molecule has 0 aliphatic heterocycles. The molecule has 8 heteroatoms. The molecular weight excluding hydrogens is 320 g/mol. The highest BCUT2D eigenvalue weighted by molar-refractivity contribution is 6.40. The fourth-order valence-electron chi connectivity index (χ4n) is 2.04. The van der Waals surface area contributed by atoms with Crippen molar-refractivity contribution in [1.29, 1.82) is 0 Å². The van der Waals surface area contributed by atoms with E-state index in [0.717, 1.165) is 11.4 Å². The minimum atomic E-state index is -0.879. The van der Waals surface area contributed by atoms with Crippen molar-refractivity contribution in [2.45, 2.75) is 20.4 Å². The predicted octanol–water partition coefficient (Wildman–Crippen LogP) is 1.61. The monoisotopic (exact) mass is 336 g/mol. The Hall–Kier alpha value is -2.54. The summed E-state index contributed by atoms with van der Waals surface area (Å²) in [7, 11) is 0. The molecule has 0 bridgehead atoms. The second kappa shape index (κ2) is 7.15. The number of nitrogens with zero attached hydrogens (tertiary/aromatic N) is 2. The van der Waals surface area contributed by atoms with Crippen molar-refractivity contribution in [3.8, 4) is 5.75 Å². The van der Waals surface area contributed by atoms with Gasteiger partial charge in [0.05, 0.1) is 17.9 Å². The van der Waals surface area contributed by atoms with Crippen molar-refractivity contribution in [2.75, 3.05) is 11.9 Å². The van der Waals surface area contributed by atoms with Crippen LogP contribution in [0.1, 0.15) is 11.4 Å². The van der Waals surface area contributed by atoms with Gasteiger partial charge in [0.25, 0.3) is 0 Å². The Morgan fingerprint density at radius 3 is 2.65 bits per heavy atom. The van der Waals surface area contributed by atoms with Gasteiger partial charge in [-0.05, 0) is 38.1 Å². The molecule has 0 saturated heterocycles. The number of phenolic OH excluding ortho intramolecular Hbond substituents is 1. The van der Waals surface area contributed by atoms with E-state index in [9.17, 15) is 14.7 Å². The smallest absolute Gasteiger partial charge is 0.313 e. The molecule has 7 nitrogen and oxygen atoms in total. The van der Waals surface area contributed by atoms with Gasteiger partial charge in [0.1, 0.15) is 5.75 Å². The third-order valence-electron chi connectivity index (χ3n) is 3.13. The summed E-state index contributed by atoms with van der Waals surface area (Å²) in [4.78, 5) is 23.5. The van der Waals surface area contributed by atoms with E-state index in [2.05, 4.69) is 15.7 Å². The molecular formula is C15H17ClN4O3. The SMILES string of the molecule is Cc1cc(C)n(CCNC(=O)C(=O)Nc2cc(Cl)ccc2O)n1. The summed E-state index contributed by atoms with van der Waals surface area (Å²) < 4.78 is 1.75. The number of carbonyl (C=O) groups excluding carboxylic acids is 2. The van der Waals surface area contributed by atoms with E-state index in [-0.39, 0.29) is 18.0 Å². The van der Waals surface area contributed by atoms with Crippen LogP contribution >= 0.6 is 11.6 Å². The molecule has 0 radical (unpaired) electrons. The minimum Gasteiger partial charge on any atom is -0.506 e. The first kappa shape index (κ1) is 16.8. The first-order valence-electron chi connectivity index (χ1n) is 6.95. The largest absolute Gasteiger partial charge is 0.506 e. The maximum Gasteiger partial charge on any atom is 0.313 e. The van der Waals surface area contributed by atoms with Gasteiger partial charge in [-0.3, -0.25) is 14.3 Å². The zero-order valence-electron chi connectivity index (χ0n) is 12.8. The van der Waals surface area contributed by atoms with E-state index < -0.39 is 11.8 Å². The van der Waals surface area contributed by atoms with Gasteiger partial charge in [-0.1, -0.05) is 11.6 Å². The van der Waals surface area contributed by atoms with Crippen molar-refractivity contribution in [1.82, 2.24) is 15.1 Å². The molecule has 2 aromatic rings. The van der Waals surface area contributed by atoms with E-state index in [1.807, 2.05) is 19.9 Å². The summed E-state index contributed by atoms with van der Waals surface area (Å²) in [5.74, 6) is -1.85. The fraction of sp³-hybridized carbons (Fsp3) is 0.267. The van der Waals surface area contributed by atoms with Crippen LogP contribution < -0.4 is 10.6 Å². The number of amides is 2. The average molecular weight is 337 g/mol. The Morgan fingerprint density at radius 2 is 2.00 bits per heavy atom. The fourth-order valence-corrected chi connectivity index (χ4v) is 2.22. The number of nitrogens with one attached hydrogen (secondary N) is 2. The number of phenols is 1. The highest BCUT2D eigenvalue weighted by atomic mass is 35.5. The summed E-state index contributed by atoms with van der Waals surface area (Å²) >= 11 is 5.78. The molecule has 0 aliphatic carbocycles. The maximum absolute atomic E-state index is 11.8. The summed E-state index contributed by atoms with van der Waals surface area (Å²) in [5.41, 5.74) is 1.95. The average Bonchev–Trinajstić information content (AvgIpc) is 2.80. The number of rotatable bonds is 4. The molecule has 23 heavy (non-hydrogen) atoms. The molecule has 1 aromatic heterocycles. The van der Waals surface area contributed by atoms with Crippen molar-refractivity contribution in [3.63, 3.8) is 0 Å². The quantitative estimate of drug-likeness (QED) is 0.584. The lowest BCUT2D eigenvalue weighted by Gasteiger charge is -2.09. The highest BCUT2D eigenvalue weighted by Crippen LogP contribution is 2.26. The first-order chi connectivity index (χ1) is 10.9. The second-order valence-corrected chi connectivity index (χ2v) is 5.46. The number of carbonyl (C=O) groups is 2. The predicted molar refractivity (Wildman–Crippen MR) is 86.5 cm³/mol. The standard InChI is InChI=1S/C15H17ClN4O3/c1-9-7-10(2)20(19-9)6-5-17-14(22)15(23)18-12-8-11(16)3-4-13(12)21/h3-4,7-8,21H,5-6H2,1-2H3,(H,17,22)(H,18,23). The molecule has 0 saturated carbocycles. The molecule has 122 valence electrons. The molecule has 0 spiro atoms. The summed E-state index contributed by atoms with van der Waals surface area (Å²) in [6.07, 6.45) is 0. The second-order valence-electron chi connectivity index (χ2n) is 5.02. The van der Waals surface area contributed by atoms with Crippen LogP contribution in [-0.4, -0.2) is 33.2 Å². The number of aromatic nitrogens is 2. The minimum absolute atomic E-state index is 0.0798. The molecule has 1 aromatic carbocycles. The molecule has 3 N–H and O–H groups in total. The molecule has 0 unspecified atom stereocenters. The van der Waals surface area contributed by atoms with E-state index in [1.165, 1.54) is 18.2 Å². The zero-order valence-corrected chi connectivity index (χ0v) is 13.5. The Kier molecular flexibility index (Phi) is 5.23. The van der Waals surface area contributed by atoms with Crippen LogP contribution in [0.2, 0.25) is 5.02 Å². The van der Waals surface area contributed by atoms with Crippen molar-refractivity contribution in [3.05, 3.63) is 40.7 Å². The number of hydrogen-bond acceptors (Lipinski definition) is 4. The third kappa shape index (κ3) is 4.46. The van der Waals surface area contributed by atoms with Crippen LogP contribution in [0, 0.1) is 13.8 Å².